The van der Waals surface area contributed by atoms with Crippen LogP contribution in [0.2, 0.25) is 0 Å². The van der Waals surface area contributed by atoms with E-state index in [-0.39, 0.29) is 6.04 Å². The topological polar surface area (TPSA) is 47.7 Å². The number of methoxy groups -OCH3 is 2. The van der Waals surface area contributed by atoms with Crippen LogP contribution in [-0.4, -0.2) is 44.8 Å². The molecule has 0 aromatic heterocycles. The molecular formula is C15H24N2O2. The summed E-state index contributed by atoms with van der Waals surface area (Å²) in [6.45, 7) is 5.31. The van der Waals surface area contributed by atoms with Crippen LogP contribution in [0.3, 0.4) is 0 Å². The maximum atomic E-state index is 6.16. The maximum Gasteiger partial charge on any atom is 0.160 e. The molecule has 2 unspecified atom stereocenters. The average molecular weight is 264 g/mol. The van der Waals surface area contributed by atoms with Crippen LogP contribution in [0.5, 0.6) is 11.5 Å². The zero-order chi connectivity index (χ0) is 13.8. The summed E-state index contributed by atoms with van der Waals surface area (Å²) < 4.78 is 10.7. The molecule has 2 atom stereocenters. The van der Waals surface area contributed by atoms with Crippen LogP contribution in [0.15, 0.2) is 18.2 Å². The standard InChI is InChI=1S/C15H24N2O2/c1-4-17-9-12(7-13(16)10-17)11-5-6-14(18-2)15(8-11)19-3/h5-6,8,12-13H,4,7,9-10,16H2,1-3H3. The summed E-state index contributed by atoms with van der Waals surface area (Å²) in [6.07, 6.45) is 1.03. The molecule has 1 fully saturated rings. The van der Waals surface area contributed by atoms with Gasteiger partial charge in [0.15, 0.2) is 11.5 Å². The lowest BCUT2D eigenvalue weighted by atomic mass is 9.88. The molecule has 0 spiro atoms. The minimum absolute atomic E-state index is 0.256. The second-order valence-corrected chi connectivity index (χ2v) is 5.16. The van der Waals surface area contributed by atoms with E-state index < -0.39 is 0 Å². The summed E-state index contributed by atoms with van der Waals surface area (Å²) in [5, 5.41) is 0. The summed E-state index contributed by atoms with van der Waals surface area (Å²) in [5.74, 6) is 2.05. The maximum absolute atomic E-state index is 6.16. The summed E-state index contributed by atoms with van der Waals surface area (Å²) in [5.41, 5.74) is 7.44. The van der Waals surface area contributed by atoms with Crippen molar-refractivity contribution in [1.82, 2.24) is 4.90 Å². The van der Waals surface area contributed by atoms with Crippen LogP contribution < -0.4 is 15.2 Å². The van der Waals surface area contributed by atoms with Crippen LogP contribution >= 0.6 is 0 Å². The van der Waals surface area contributed by atoms with Crippen molar-refractivity contribution in [3.05, 3.63) is 23.8 Å². The minimum atomic E-state index is 0.256. The molecule has 106 valence electrons. The van der Waals surface area contributed by atoms with Gasteiger partial charge in [0, 0.05) is 19.1 Å². The molecule has 19 heavy (non-hydrogen) atoms. The van der Waals surface area contributed by atoms with Gasteiger partial charge in [-0.25, -0.2) is 0 Å². The molecule has 1 aliphatic rings. The third-order valence-electron chi connectivity index (χ3n) is 3.88. The van der Waals surface area contributed by atoms with Gasteiger partial charge >= 0.3 is 0 Å². The first-order valence-electron chi connectivity index (χ1n) is 6.87. The lowest BCUT2D eigenvalue weighted by Crippen LogP contribution is -2.45. The molecule has 1 aromatic rings. The monoisotopic (exact) mass is 264 g/mol. The fourth-order valence-electron chi connectivity index (χ4n) is 2.84. The lowest BCUT2D eigenvalue weighted by Gasteiger charge is -2.36. The summed E-state index contributed by atoms with van der Waals surface area (Å²) in [7, 11) is 3.33. The van der Waals surface area contributed by atoms with Gasteiger partial charge in [0.05, 0.1) is 14.2 Å². The third kappa shape index (κ3) is 3.19. The number of ether oxygens (including phenoxy) is 2. The highest BCUT2D eigenvalue weighted by molar-refractivity contribution is 5.44. The van der Waals surface area contributed by atoms with Crippen molar-refractivity contribution in [1.29, 1.82) is 0 Å². The van der Waals surface area contributed by atoms with Crippen LogP contribution in [-0.2, 0) is 0 Å². The molecule has 2 rings (SSSR count). The number of hydrogen-bond donors (Lipinski definition) is 1. The second-order valence-electron chi connectivity index (χ2n) is 5.16. The Morgan fingerprint density at radius 2 is 1.95 bits per heavy atom. The van der Waals surface area contributed by atoms with Crippen LogP contribution in [0.25, 0.3) is 0 Å². The Kier molecular flexibility index (Phi) is 4.66. The van der Waals surface area contributed by atoms with Crippen molar-refractivity contribution in [3.8, 4) is 11.5 Å². The number of hydrogen-bond acceptors (Lipinski definition) is 4. The van der Waals surface area contributed by atoms with Crippen molar-refractivity contribution in [2.45, 2.75) is 25.3 Å². The first-order chi connectivity index (χ1) is 9.17. The Bertz CT molecular complexity index is 423. The van der Waals surface area contributed by atoms with Gasteiger partial charge in [0.2, 0.25) is 0 Å². The molecule has 1 aliphatic heterocycles. The van der Waals surface area contributed by atoms with Gasteiger partial charge in [-0.3, -0.25) is 0 Å². The van der Waals surface area contributed by atoms with Crippen molar-refractivity contribution >= 4 is 0 Å². The Morgan fingerprint density at radius 1 is 1.21 bits per heavy atom. The lowest BCUT2D eigenvalue weighted by molar-refractivity contribution is 0.197. The first-order valence-corrected chi connectivity index (χ1v) is 6.87. The van der Waals surface area contributed by atoms with E-state index in [0.29, 0.717) is 5.92 Å². The number of piperidine rings is 1. The van der Waals surface area contributed by atoms with Gasteiger partial charge in [-0.1, -0.05) is 13.0 Å². The number of rotatable bonds is 4. The zero-order valence-corrected chi connectivity index (χ0v) is 12.1. The smallest absolute Gasteiger partial charge is 0.160 e. The molecule has 1 aromatic carbocycles. The Hall–Kier alpha value is -1.26. The predicted molar refractivity (Wildman–Crippen MR) is 77.0 cm³/mol. The minimum Gasteiger partial charge on any atom is -0.493 e. The molecule has 0 bridgehead atoms. The van der Waals surface area contributed by atoms with Gasteiger partial charge < -0.3 is 20.1 Å². The van der Waals surface area contributed by atoms with Gasteiger partial charge in [0.25, 0.3) is 0 Å². The SMILES string of the molecule is CCN1CC(N)CC(c2ccc(OC)c(OC)c2)C1. The van der Waals surface area contributed by atoms with E-state index in [9.17, 15) is 0 Å². The van der Waals surface area contributed by atoms with E-state index in [0.717, 1.165) is 37.6 Å². The summed E-state index contributed by atoms with van der Waals surface area (Å²) >= 11 is 0. The van der Waals surface area contributed by atoms with Crippen LogP contribution in [0.4, 0.5) is 0 Å². The Morgan fingerprint density at radius 3 is 2.58 bits per heavy atom. The quantitative estimate of drug-likeness (QED) is 0.901. The Labute approximate surface area is 115 Å². The number of nitrogens with zero attached hydrogens (tertiary/aromatic N) is 1. The van der Waals surface area contributed by atoms with Gasteiger partial charge in [0.1, 0.15) is 0 Å². The molecule has 0 radical (unpaired) electrons. The molecule has 4 heteroatoms. The largest absolute Gasteiger partial charge is 0.493 e. The molecule has 1 saturated heterocycles. The van der Waals surface area contributed by atoms with Crippen LogP contribution in [0.1, 0.15) is 24.8 Å². The van der Waals surface area contributed by atoms with Gasteiger partial charge in [-0.15, -0.1) is 0 Å². The highest BCUT2D eigenvalue weighted by Gasteiger charge is 2.25. The molecule has 0 aliphatic carbocycles. The van der Waals surface area contributed by atoms with Crippen molar-refractivity contribution in [2.75, 3.05) is 33.9 Å². The van der Waals surface area contributed by atoms with Crippen molar-refractivity contribution < 1.29 is 9.47 Å². The summed E-state index contributed by atoms with van der Waals surface area (Å²) in [4.78, 5) is 2.41. The molecule has 4 nitrogen and oxygen atoms in total. The highest BCUT2D eigenvalue weighted by atomic mass is 16.5. The fraction of sp³-hybridized carbons (Fsp3) is 0.600. The van der Waals surface area contributed by atoms with E-state index in [1.807, 2.05) is 6.07 Å². The molecular weight excluding hydrogens is 240 g/mol. The number of nitrogens with two attached hydrogens (primary N) is 1. The summed E-state index contributed by atoms with van der Waals surface area (Å²) in [6, 6.07) is 6.43. The predicted octanol–water partition coefficient (Wildman–Crippen LogP) is 1.84. The first kappa shape index (κ1) is 14.2. The second kappa shape index (κ2) is 6.26. The van der Waals surface area contributed by atoms with E-state index in [1.54, 1.807) is 14.2 Å². The molecule has 2 N–H and O–H groups in total. The van der Waals surface area contributed by atoms with Gasteiger partial charge in [-0.2, -0.15) is 0 Å². The van der Waals surface area contributed by atoms with Gasteiger partial charge in [-0.05, 0) is 36.6 Å². The zero-order valence-electron chi connectivity index (χ0n) is 12.1. The highest BCUT2D eigenvalue weighted by Crippen LogP contribution is 2.33. The van der Waals surface area contributed by atoms with E-state index in [4.69, 9.17) is 15.2 Å². The van der Waals surface area contributed by atoms with Crippen molar-refractivity contribution in [2.24, 2.45) is 5.73 Å². The number of likely N-dealkylation sites (N-methyl/N-ethyl adjacent to an activating group) is 1. The van der Waals surface area contributed by atoms with Crippen LogP contribution in [0, 0.1) is 0 Å². The van der Waals surface area contributed by atoms with Crippen molar-refractivity contribution in [3.63, 3.8) is 0 Å². The van der Waals surface area contributed by atoms with E-state index in [2.05, 4.69) is 24.0 Å². The van der Waals surface area contributed by atoms with E-state index >= 15 is 0 Å². The number of likely N-dealkylation sites (tertiary alicyclic amines) is 1. The molecule has 0 saturated carbocycles. The fourth-order valence-corrected chi connectivity index (χ4v) is 2.84. The Balaban J connectivity index is 2.21. The molecule has 0 amide bonds. The van der Waals surface area contributed by atoms with E-state index in [1.165, 1.54) is 5.56 Å². The third-order valence-corrected chi connectivity index (χ3v) is 3.88. The number of benzene rings is 1. The normalized spacial score (nSPS) is 24.2. The average Bonchev–Trinajstić information content (AvgIpc) is 2.45. The molecule has 1 heterocycles.